The van der Waals surface area contributed by atoms with Gasteiger partial charge in [-0.2, -0.15) is 0 Å². The van der Waals surface area contributed by atoms with Gasteiger partial charge >= 0.3 is 0 Å². The topological polar surface area (TPSA) is 66.6 Å². The van der Waals surface area contributed by atoms with E-state index in [0.717, 1.165) is 19.3 Å². The molecule has 1 atom stereocenters. The first kappa shape index (κ1) is 17.7. The van der Waals surface area contributed by atoms with Crippen LogP contribution < -0.4 is 5.73 Å². The maximum absolute atomic E-state index is 12.5. The summed E-state index contributed by atoms with van der Waals surface area (Å²) in [5.74, 6) is -0.0475. The number of aliphatic hydroxyl groups excluding tert-OH is 1. The monoisotopic (exact) mass is 292 g/mol. The number of carbonyl (C=O) groups is 1. The van der Waals surface area contributed by atoms with Crippen molar-refractivity contribution in [3.05, 3.63) is 35.9 Å². The Kier molecular flexibility index (Phi) is 8.01. The Morgan fingerprint density at radius 1 is 1.24 bits per heavy atom. The van der Waals surface area contributed by atoms with Crippen LogP contribution in [0.2, 0.25) is 0 Å². The zero-order valence-electron chi connectivity index (χ0n) is 13.2. The van der Waals surface area contributed by atoms with Gasteiger partial charge in [0.25, 0.3) is 0 Å². The summed E-state index contributed by atoms with van der Waals surface area (Å²) in [6.07, 6.45) is 3.19. The second kappa shape index (κ2) is 9.53. The molecule has 118 valence electrons. The Bertz CT molecular complexity index is 405. The van der Waals surface area contributed by atoms with Gasteiger partial charge in [-0.05, 0) is 31.2 Å². The molecular weight excluding hydrogens is 264 g/mol. The average Bonchev–Trinajstić information content (AvgIpc) is 2.53. The molecule has 0 bridgehead atoms. The highest BCUT2D eigenvalue weighted by atomic mass is 16.3. The molecule has 1 amide bonds. The van der Waals surface area contributed by atoms with Crippen LogP contribution >= 0.6 is 0 Å². The molecule has 1 unspecified atom stereocenters. The highest BCUT2D eigenvalue weighted by Gasteiger charge is 2.25. The van der Waals surface area contributed by atoms with Crippen molar-refractivity contribution in [3.8, 4) is 0 Å². The molecule has 0 spiro atoms. The first-order valence-electron chi connectivity index (χ1n) is 7.84. The summed E-state index contributed by atoms with van der Waals surface area (Å²) < 4.78 is 0. The molecule has 0 aromatic heterocycles. The van der Waals surface area contributed by atoms with E-state index in [1.54, 1.807) is 4.90 Å². The summed E-state index contributed by atoms with van der Waals surface area (Å²) in [5, 5.41) is 9.18. The largest absolute Gasteiger partial charge is 0.395 e. The van der Waals surface area contributed by atoms with Crippen LogP contribution in [0.3, 0.4) is 0 Å². The standard InChI is InChI=1S/C17H28N2O2/c1-3-15(4-2)19(12-13-20)17(21)16(18)11-10-14-8-6-5-7-9-14/h5-9,15-16,20H,3-4,10-13,18H2,1-2H3. The lowest BCUT2D eigenvalue weighted by atomic mass is 10.0. The summed E-state index contributed by atoms with van der Waals surface area (Å²) in [6.45, 7) is 4.46. The third-order valence-electron chi connectivity index (χ3n) is 3.91. The molecule has 0 saturated heterocycles. The predicted molar refractivity (Wildman–Crippen MR) is 85.9 cm³/mol. The van der Waals surface area contributed by atoms with Crippen molar-refractivity contribution in [2.24, 2.45) is 5.73 Å². The van der Waals surface area contributed by atoms with Gasteiger partial charge in [0.05, 0.1) is 12.6 Å². The van der Waals surface area contributed by atoms with Crippen LogP contribution in [-0.4, -0.2) is 41.1 Å². The van der Waals surface area contributed by atoms with Gasteiger partial charge < -0.3 is 15.7 Å². The van der Waals surface area contributed by atoms with E-state index in [-0.39, 0.29) is 18.6 Å². The van der Waals surface area contributed by atoms with Gasteiger partial charge in [0.15, 0.2) is 0 Å². The van der Waals surface area contributed by atoms with Crippen LogP contribution in [-0.2, 0) is 11.2 Å². The van der Waals surface area contributed by atoms with Crippen LogP contribution in [0.15, 0.2) is 30.3 Å². The molecule has 1 rings (SSSR count). The molecule has 0 aliphatic heterocycles. The molecular formula is C17H28N2O2. The summed E-state index contributed by atoms with van der Waals surface area (Å²) >= 11 is 0. The molecule has 0 fully saturated rings. The van der Waals surface area contributed by atoms with E-state index < -0.39 is 6.04 Å². The molecule has 0 saturated carbocycles. The number of nitrogens with two attached hydrogens (primary N) is 1. The molecule has 21 heavy (non-hydrogen) atoms. The second-order valence-electron chi connectivity index (χ2n) is 5.36. The van der Waals surface area contributed by atoms with Gasteiger partial charge in [-0.15, -0.1) is 0 Å². The maximum Gasteiger partial charge on any atom is 0.239 e. The van der Waals surface area contributed by atoms with Gasteiger partial charge in [-0.3, -0.25) is 4.79 Å². The van der Waals surface area contributed by atoms with Crippen LogP contribution in [0.25, 0.3) is 0 Å². The first-order valence-corrected chi connectivity index (χ1v) is 7.84. The van der Waals surface area contributed by atoms with Crippen molar-refractivity contribution < 1.29 is 9.90 Å². The number of hydrogen-bond acceptors (Lipinski definition) is 3. The summed E-state index contributed by atoms with van der Waals surface area (Å²) in [5.41, 5.74) is 7.26. The van der Waals surface area contributed by atoms with Crippen LogP contribution in [0.4, 0.5) is 0 Å². The molecule has 0 aliphatic rings. The van der Waals surface area contributed by atoms with Gasteiger partial charge in [0.2, 0.25) is 5.91 Å². The predicted octanol–water partition coefficient (Wildman–Crippen LogP) is 1.96. The fraction of sp³-hybridized carbons (Fsp3) is 0.588. The minimum atomic E-state index is -0.502. The van der Waals surface area contributed by atoms with Gasteiger partial charge in [0, 0.05) is 12.6 Å². The number of carbonyl (C=O) groups excluding carboxylic acids is 1. The van der Waals surface area contributed by atoms with E-state index in [1.165, 1.54) is 5.56 Å². The molecule has 0 aliphatic carbocycles. The van der Waals surface area contributed by atoms with Crippen LogP contribution in [0.1, 0.15) is 38.7 Å². The van der Waals surface area contributed by atoms with Crippen molar-refractivity contribution in [2.75, 3.05) is 13.2 Å². The van der Waals surface area contributed by atoms with Crippen molar-refractivity contribution in [2.45, 2.75) is 51.6 Å². The Labute approximate surface area is 128 Å². The average molecular weight is 292 g/mol. The Balaban J connectivity index is 2.61. The fourth-order valence-electron chi connectivity index (χ4n) is 2.61. The van der Waals surface area contributed by atoms with Crippen molar-refractivity contribution in [1.29, 1.82) is 0 Å². The molecule has 1 aromatic rings. The highest BCUT2D eigenvalue weighted by molar-refractivity contribution is 5.82. The zero-order chi connectivity index (χ0) is 15.7. The number of aliphatic hydroxyl groups is 1. The van der Waals surface area contributed by atoms with E-state index in [4.69, 9.17) is 5.73 Å². The summed E-state index contributed by atoms with van der Waals surface area (Å²) in [7, 11) is 0. The molecule has 0 heterocycles. The Morgan fingerprint density at radius 2 is 1.86 bits per heavy atom. The van der Waals surface area contributed by atoms with E-state index in [9.17, 15) is 9.90 Å². The van der Waals surface area contributed by atoms with Crippen LogP contribution in [0.5, 0.6) is 0 Å². The van der Waals surface area contributed by atoms with E-state index >= 15 is 0 Å². The van der Waals surface area contributed by atoms with Gasteiger partial charge in [0.1, 0.15) is 0 Å². The number of nitrogens with zero attached hydrogens (tertiary/aromatic N) is 1. The summed E-state index contributed by atoms with van der Waals surface area (Å²) in [4.78, 5) is 14.2. The first-order chi connectivity index (χ1) is 10.1. The molecule has 4 heteroatoms. The number of amides is 1. The Morgan fingerprint density at radius 3 is 2.38 bits per heavy atom. The molecule has 3 N–H and O–H groups in total. The molecule has 1 aromatic carbocycles. The summed E-state index contributed by atoms with van der Waals surface area (Å²) in [6, 6.07) is 9.71. The SMILES string of the molecule is CCC(CC)N(CCO)C(=O)C(N)CCc1ccccc1. The van der Waals surface area contributed by atoms with Gasteiger partial charge in [-0.25, -0.2) is 0 Å². The molecule has 0 radical (unpaired) electrons. The third-order valence-corrected chi connectivity index (χ3v) is 3.91. The number of benzene rings is 1. The maximum atomic E-state index is 12.5. The minimum absolute atomic E-state index is 0.0202. The van der Waals surface area contributed by atoms with E-state index in [0.29, 0.717) is 13.0 Å². The number of aryl methyl sites for hydroxylation is 1. The smallest absolute Gasteiger partial charge is 0.239 e. The molecule has 4 nitrogen and oxygen atoms in total. The lowest BCUT2D eigenvalue weighted by molar-refractivity contribution is -0.135. The van der Waals surface area contributed by atoms with Gasteiger partial charge in [-0.1, -0.05) is 44.2 Å². The lowest BCUT2D eigenvalue weighted by Crippen LogP contribution is -2.49. The number of rotatable bonds is 9. The lowest BCUT2D eigenvalue weighted by Gasteiger charge is -2.32. The minimum Gasteiger partial charge on any atom is -0.395 e. The van der Waals surface area contributed by atoms with Crippen molar-refractivity contribution >= 4 is 5.91 Å². The van der Waals surface area contributed by atoms with Crippen molar-refractivity contribution in [1.82, 2.24) is 4.90 Å². The number of hydrogen-bond donors (Lipinski definition) is 2. The second-order valence-corrected chi connectivity index (χ2v) is 5.36. The third kappa shape index (κ3) is 5.48. The van der Waals surface area contributed by atoms with Crippen LogP contribution in [0, 0.1) is 0 Å². The Hall–Kier alpha value is -1.39. The normalized spacial score (nSPS) is 12.4. The highest BCUT2D eigenvalue weighted by Crippen LogP contribution is 2.12. The quantitative estimate of drug-likeness (QED) is 0.731. The zero-order valence-corrected chi connectivity index (χ0v) is 13.2. The van der Waals surface area contributed by atoms with Crippen molar-refractivity contribution in [3.63, 3.8) is 0 Å². The van der Waals surface area contributed by atoms with E-state index in [2.05, 4.69) is 13.8 Å². The van der Waals surface area contributed by atoms with E-state index in [1.807, 2.05) is 30.3 Å². The fourth-order valence-corrected chi connectivity index (χ4v) is 2.61.